The van der Waals surface area contributed by atoms with E-state index in [0.717, 1.165) is 0 Å². The first-order valence-corrected chi connectivity index (χ1v) is 3.04. The van der Waals surface area contributed by atoms with Crippen LogP contribution in [0, 0.1) is 0 Å². The Bertz CT molecular complexity index is 81.0. The minimum Gasteiger partial charge on any atom is -0.395 e. The molecule has 0 aromatic carbocycles. The van der Waals surface area contributed by atoms with Crippen molar-refractivity contribution in [2.24, 2.45) is 11.5 Å². The number of hydrogen-bond donors (Lipinski definition) is 5. The fourth-order valence-electron chi connectivity index (χ4n) is 0.529. The molecule has 0 heterocycles. The fourth-order valence-corrected chi connectivity index (χ4v) is 0.529. The van der Waals surface area contributed by atoms with Crippen LogP contribution in [0.4, 0.5) is 0 Å². The molecule has 7 N–H and O–H groups in total. The molecule has 0 aliphatic rings. The summed E-state index contributed by atoms with van der Waals surface area (Å²) in [6, 6.07) is -1.45. The van der Waals surface area contributed by atoms with Crippen LogP contribution in [0.5, 0.6) is 0 Å². The van der Waals surface area contributed by atoms with Gasteiger partial charge in [0, 0.05) is 6.04 Å². The van der Waals surface area contributed by atoms with Crippen molar-refractivity contribution in [3.8, 4) is 0 Å². The zero-order valence-corrected chi connectivity index (χ0v) is 5.64. The summed E-state index contributed by atoms with van der Waals surface area (Å²) in [6.07, 6.45) is -1.05. The lowest BCUT2D eigenvalue weighted by Crippen LogP contribution is -2.52. The molecular weight excluding hydrogens is 136 g/mol. The van der Waals surface area contributed by atoms with Crippen LogP contribution in [0.3, 0.4) is 0 Å². The molecule has 3 atom stereocenters. The summed E-state index contributed by atoms with van der Waals surface area (Å²) in [4.78, 5) is 0. The molecule has 0 rings (SSSR count). The SMILES string of the molecule is N[C@@H]([C@H](N)CO)[C@@H](O)CO. The number of rotatable bonds is 4. The Hall–Kier alpha value is -0.200. The maximum Gasteiger partial charge on any atom is 0.0937 e. The van der Waals surface area contributed by atoms with Crippen molar-refractivity contribution in [1.82, 2.24) is 0 Å². The van der Waals surface area contributed by atoms with E-state index < -0.39 is 24.8 Å². The molecule has 0 radical (unpaired) electrons. The Morgan fingerprint density at radius 1 is 1.10 bits per heavy atom. The molecule has 62 valence electrons. The smallest absolute Gasteiger partial charge is 0.0937 e. The maximum atomic E-state index is 8.86. The minimum absolute atomic E-state index is 0.293. The van der Waals surface area contributed by atoms with E-state index >= 15 is 0 Å². The lowest BCUT2D eigenvalue weighted by Gasteiger charge is -2.21. The molecule has 0 unspecified atom stereocenters. The van der Waals surface area contributed by atoms with E-state index in [9.17, 15) is 0 Å². The van der Waals surface area contributed by atoms with Crippen molar-refractivity contribution in [1.29, 1.82) is 0 Å². The zero-order chi connectivity index (χ0) is 8.15. The molecule has 10 heavy (non-hydrogen) atoms. The highest BCUT2D eigenvalue weighted by molar-refractivity contribution is 4.81. The monoisotopic (exact) mass is 150 g/mol. The van der Waals surface area contributed by atoms with E-state index in [0.29, 0.717) is 0 Å². The summed E-state index contributed by atoms with van der Waals surface area (Å²) in [5, 5.41) is 25.7. The van der Waals surface area contributed by atoms with E-state index in [-0.39, 0.29) is 6.61 Å². The van der Waals surface area contributed by atoms with Gasteiger partial charge in [0.1, 0.15) is 0 Å². The summed E-state index contributed by atoms with van der Waals surface area (Å²) in [6.45, 7) is -0.729. The van der Waals surface area contributed by atoms with Gasteiger partial charge in [0.2, 0.25) is 0 Å². The highest BCUT2D eigenvalue weighted by atomic mass is 16.3. The van der Waals surface area contributed by atoms with Crippen LogP contribution in [0.15, 0.2) is 0 Å². The molecular formula is C5H14N2O3. The Labute approximate surface area is 59.3 Å². The Morgan fingerprint density at radius 2 is 1.60 bits per heavy atom. The Balaban J connectivity index is 3.69. The van der Waals surface area contributed by atoms with Crippen LogP contribution in [0.1, 0.15) is 0 Å². The summed E-state index contributed by atoms with van der Waals surface area (Å²) in [7, 11) is 0. The number of hydrogen-bond acceptors (Lipinski definition) is 5. The Kier molecular flexibility index (Phi) is 4.50. The van der Waals surface area contributed by atoms with Gasteiger partial charge in [0.25, 0.3) is 0 Å². The number of nitrogens with two attached hydrogens (primary N) is 2. The molecule has 0 fully saturated rings. The number of aliphatic hydroxyl groups excluding tert-OH is 3. The maximum absolute atomic E-state index is 8.86. The van der Waals surface area contributed by atoms with Crippen molar-refractivity contribution in [3.63, 3.8) is 0 Å². The van der Waals surface area contributed by atoms with Gasteiger partial charge in [-0.15, -0.1) is 0 Å². The van der Waals surface area contributed by atoms with Crippen molar-refractivity contribution >= 4 is 0 Å². The minimum atomic E-state index is -1.05. The summed E-state index contributed by atoms with van der Waals surface area (Å²) in [5.74, 6) is 0. The average molecular weight is 150 g/mol. The van der Waals surface area contributed by atoms with E-state index in [2.05, 4.69) is 0 Å². The standard InChI is InChI=1S/C5H14N2O3/c6-3(1-8)5(7)4(10)2-9/h3-5,8-10H,1-2,6-7H2/t3-,4+,5+/m1/s1. The normalized spacial score (nSPS) is 20.1. The Morgan fingerprint density at radius 3 is 1.90 bits per heavy atom. The predicted molar refractivity (Wildman–Crippen MR) is 36.1 cm³/mol. The van der Waals surface area contributed by atoms with Crippen molar-refractivity contribution in [3.05, 3.63) is 0 Å². The third kappa shape index (κ3) is 2.59. The summed E-state index contributed by atoms with van der Waals surface area (Å²) in [5.41, 5.74) is 10.5. The highest BCUT2D eigenvalue weighted by Gasteiger charge is 2.19. The van der Waals surface area contributed by atoms with Crippen LogP contribution in [0.2, 0.25) is 0 Å². The van der Waals surface area contributed by atoms with Crippen LogP contribution in [-0.2, 0) is 0 Å². The first-order valence-electron chi connectivity index (χ1n) is 3.04. The van der Waals surface area contributed by atoms with Crippen LogP contribution in [-0.4, -0.2) is 46.7 Å². The van der Waals surface area contributed by atoms with Gasteiger partial charge in [-0.2, -0.15) is 0 Å². The van der Waals surface area contributed by atoms with Gasteiger partial charge in [0.05, 0.1) is 25.4 Å². The van der Waals surface area contributed by atoms with Crippen LogP contribution >= 0.6 is 0 Å². The van der Waals surface area contributed by atoms with Gasteiger partial charge in [-0.05, 0) is 0 Å². The second-order valence-electron chi connectivity index (χ2n) is 2.17. The van der Waals surface area contributed by atoms with Gasteiger partial charge in [-0.1, -0.05) is 0 Å². The third-order valence-electron chi connectivity index (χ3n) is 1.34. The second-order valence-corrected chi connectivity index (χ2v) is 2.17. The van der Waals surface area contributed by atoms with E-state index in [1.54, 1.807) is 0 Å². The molecule has 0 aromatic heterocycles. The number of aliphatic hydroxyl groups is 3. The van der Waals surface area contributed by atoms with Crippen molar-refractivity contribution in [2.45, 2.75) is 18.2 Å². The molecule has 0 saturated carbocycles. The van der Waals surface area contributed by atoms with Gasteiger partial charge < -0.3 is 26.8 Å². The molecule has 0 saturated heterocycles. The molecule has 0 amide bonds. The van der Waals surface area contributed by atoms with Crippen LogP contribution in [0.25, 0.3) is 0 Å². The van der Waals surface area contributed by atoms with E-state index in [1.165, 1.54) is 0 Å². The molecule has 0 aliphatic heterocycles. The van der Waals surface area contributed by atoms with Crippen molar-refractivity contribution in [2.75, 3.05) is 13.2 Å². The van der Waals surface area contributed by atoms with Crippen LogP contribution < -0.4 is 11.5 Å². The summed E-state index contributed by atoms with van der Waals surface area (Å²) < 4.78 is 0. The van der Waals surface area contributed by atoms with Gasteiger partial charge >= 0.3 is 0 Å². The molecule has 5 nitrogen and oxygen atoms in total. The molecule has 0 spiro atoms. The average Bonchev–Trinajstić information content (AvgIpc) is 2.00. The molecule has 0 aromatic rings. The van der Waals surface area contributed by atoms with Gasteiger partial charge in [-0.25, -0.2) is 0 Å². The first kappa shape index (κ1) is 9.80. The van der Waals surface area contributed by atoms with E-state index in [1.807, 2.05) is 0 Å². The molecule has 0 aliphatic carbocycles. The first-order chi connectivity index (χ1) is 4.63. The van der Waals surface area contributed by atoms with Gasteiger partial charge in [-0.3, -0.25) is 0 Å². The van der Waals surface area contributed by atoms with Gasteiger partial charge in [0.15, 0.2) is 0 Å². The predicted octanol–water partition coefficient (Wildman–Crippen LogP) is -3.01. The quantitative estimate of drug-likeness (QED) is 0.293. The molecule has 5 heteroatoms. The van der Waals surface area contributed by atoms with Crippen molar-refractivity contribution < 1.29 is 15.3 Å². The highest BCUT2D eigenvalue weighted by Crippen LogP contribution is 1.92. The molecule has 0 bridgehead atoms. The zero-order valence-electron chi connectivity index (χ0n) is 5.64. The lowest BCUT2D eigenvalue weighted by atomic mass is 10.1. The fraction of sp³-hybridized carbons (Fsp3) is 1.00. The van der Waals surface area contributed by atoms with E-state index in [4.69, 9.17) is 26.8 Å². The lowest BCUT2D eigenvalue weighted by molar-refractivity contribution is 0.0593. The topological polar surface area (TPSA) is 113 Å². The second kappa shape index (κ2) is 4.59. The third-order valence-corrected chi connectivity index (χ3v) is 1.34. The summed E-state index contributed by atoms with van der Waals surface area (Å²) >= 11 is 0. The largest absolute Gasteiger partial charge is 0.395 e.